The lowest BCUT2D eigenvalue weighted by atomic mass is 10.2. The average molecular weight is 267 g/mol. The molecule has 1 fully saturated rings. The standard InChI is InChI=1S/C12H13NO2S2/c14-11(13-6-7-17-12(13)16)9-15-8-10-4-2-1-3-5-10/h1-5H,6-9H2. The molecule has 0 N–H and O–H groups in total. The Morgan fingerprint density at radius 1 is 1.41 bits per heavy atom. The van der Waals surface area contributed by atoms with E-state index in [2.05, 4.69) is 0 Å². The van der Waals surface area contributed by atoms with Crippen molar-refractivity contribution in [3.8, 4) is 0 Å². The molecule has 17 heavy (non-hydrogen) atoms. The summed E-state index contributed by atoms with van der Waals surface area (Å²) in [6.45, 7) is 1.26. The molecule has 1 amide bonds. The molecule has 2 rings (SSSR count). The molecule has 0 bridgehead atoms. The number of thioether (sulfide) groups is 1. The Labute approximate surface area is 110 Å². The molecule has 1 aromatic carbocycles. The minimum atomic E-state index is -0.0454. The molecule has 1 aliphatic rings. The van der Waals surface area contributed by atoms with Gasteiger partial charge in [-0.2, -0.15) is 0 Å². The quantitative estimate of drug-likeness (QED) is 0.781. The van der Waals surface area contributed by atoms with Gasteiger partial charge in [0.05, 0.1) is 6.61 Å². The van der Waals surface area contributed by atoms with E-state index in [1.807, 2.05) is 30.3 Å². The zero-order valence-electron chi connectivity index (χ0n) is 9.30. The molecule has 0 saturated carbocycles. The summed E-state index contributed by atoms with van der Waals surface area (Å²) in [5.74, 6) is 0.847. The highest BCUT2D eigenvalue weighted by molar-refractivity contribution is 8.23. The predicted molar refractivity (Wildman–Crippen MR) is 72.9 cm³/mol. The summed E-state index contributed by atoms with van der Waals surface area (Å²) in [7, 11) is 0. The van der Waals surface area contributed by atoms with Crippen LogP contribution in [0.4, 0.5) is 0 Å². The van der Waals surface area contributed by atoms with Crippen LogP contribution in [0.1, 0.15) is 5.56 Å². The maximum Gasteiger partial charge on any atom is 0.254 e. The number of rotatable bonds is 4. The van der Waals surface area contributed by atoms with Crippen molar-refractivity contribution < 1.29 is 9.53 Å². The Balaban J connectivity index is 1.75. The van der Waals surface area contributed by atoms with Crippen LogP contribution in [0.5, 0.6) is 0 Å². The molecule has 5 heteroatoms. The molecule has 0 aromatic heterocycles. The van der Waals surface area contributed by atoms with Crippen molar-refractivity contribution >= 4 is 34.2 Å². The number of hydrogen-bond acceptors (Lipinski definition) is 4. The molecule has 3 nitrogen and oxygen atoms in total. The van der Waals surface area contributed by atoms with E-state index < -0.39 is 0 Å². The molecule has 0 unspecified atom stereocenters. The van der Waals surface area contributed by atoms with Gasteiger partial charge in [-0.05, 0) is 5.56 Å². The van der Waals surface area contributed by atoms with E-state index in [0.717, 1.165) is 11.3 Å². The van der Waals surface area contributed by atoms with Crippen LogP contribution in [0.2, 0.25) is 0 Å². The van der Waals surface area contributed by atoms with E-state index >= 15 is 0 Å². The van der Waals surface area contributed by atoms with Gasteiger partial charge >= 0.3 is 0 Å². The lowest BCUT2D eigenvalue weighted by Gasteiger charge is -2.14. The third-order valence-corrected chi connectivity index (χ3v) is 3.83. The van der Waals surface area contributed by atoms with Gasteiger partial charge in [0, 0.05) is 12.3 Å². The Kier molecular flexibility index (Phi) is 4.53. The summed E-state index contributed by atoms with van der Waals surface area (Å²) in [5.41, 5.74) is 1.07. The van der Waals surface area contributed by atoms with Gasteiger partial charge in [0.2, 0.25) is 0 Å². The molecule has 0 radical (unpaired) electrons. The fourth-order valence-electron chi connectivity index (χ4n) is 1.53. The SMILES string of the molecule is O=C(COCc1ccccc1)N1CCSC1=S. The lowest BCUT2D eigenvalue weighted by Crippen LogP contribution is -2.33. The second kappa shape index (κ2) is 6.14. The monoisotopic (exact) mass is 267 g/mol. The number of hydrogen-bond donors (Lipinski definition) is 0. The van der Waals surface area contributed by atoms with Crippen molar-refractivity contribution in [2.75, 3.05) is 18.9 Å². The average Bonchev–Trinajstić information content (AvgIpc) is 2.77. The zero-order chi connectivity index (χ0) is 12.1. The number of benzene rings is 1. The summed E-state index contributed by atoms with van der Waals surface area (Å²) in [4.78, 5) is 13.4. The lowest BCUT2D eigenvalue weighted by molar-refractivity contribution is -0.132. The number of thiocarbonyl (C=S) groups is 1. The Morgan fingerprint density at radius 3 is 2.82 bits per heavy atom. The molecule has 1 heterocycles. The first-order valence-electron chi connectivity index (χ1n) is 5.36. The molecular formula is C12H13NO2S2. The number of nitrogens with zero attached hydrogens (tertiary/aromatic N) is 1. The first-order valence-corrected chi connectivity index (χ1v) is 6.75. The van der Waals surface area contributed by atoms with Crippen LogP contribution in [0, 0.1) is 0 Å². The molecule has 0 spiro atoms. The summed E-state index contributed by atoms with van der Waals surface area (Å²) >= 11 is 6.62. The number of amides is 1. The van der Waals surface area contributed by atoms with Gasteiger partial charge in [0.15, 0.2) is 0 Å². The van der Waals surface area contributed by atoms with Crippen LogP contribution in [-0.2, 0) is 16.1 Å². The molecule has 1 aromatic rings. The van der Waals surface area contributed by atoms with Crippen LogP contribution in [0.3, 0.4) is 0 Å². The van der Waals surface area contributed by atoms with Crippen molar-refractivity contribution in [1.82, 2.24) is 4.90 Å². The van der Waals surface area contributed by atoms with Crippen LogP contribution in [0.25, 0.3) is 0 Å². The smallest absolute Gasteiger partial charge is 0.254 e. The summed E-state index contributed by atoms with van der Waals surface area (Å²) in [6.07, 6.45) is 0. The predicted octanol–water partition coefficient (Wildman–Crippen LogP) is 2.06. The molecule has 0 atom stereocenters. The van der Waals surface area contributed by atoms with Gasteiger partial charge < -0.3 is 4.74 Å². The van der Waals surface area contributed by atoms with Crippen LogP contribution in [-0.4, -0.2) is 34.0 Å². The van der Waals surface area contributed by atoms with E-state index in [0.29, 0.717) is 17.5 Å². The largest absolute Gasteiger partial charge is 0.367 e. The third kappa shape index (κ3) is 3.52. The van der Waals surface area contributed by atoms with E-state index in [1.165, 1.54) is 0 Å². The van der Waals surface area contributed by atoms with Gasteiger partial charge in [-0.15, -0.1) is 0 Å². The van der Waals surface area contributed by atoms with Crippen molar-refractivity contribution in [3.63, 3.8) is 0 Å². The van der Waals surface area contributed by atoms with Crippen molar-refractivity contribution in [1.29, 1.82) is 0 Å². The fourth-order valence-corrected chi connectivity index (χ4v) is 2.77. The summed E-state index contributed by atoms with van der Waals surface area (Å²) in [5, 5.41) is 0. The fraction of sp³-hybridized carbons (Fsp3) is 0.333. The van der Waals surface area contributed by atoms with Gasteiger partial charge in [-0.25, -0.2) is 0 Å². The highest BCUT2D eigenvalue weighted by atomic mass is 32.2. The van der Waals surface area contributed by atoms with Crippen molar-refractivity contribution in [2.24, 2.45) is 0 Å². The van der Waals surface area contributed by atoms with Crippen molar-refractivity contribution in [3.05, 3.63) is 35.9 Å². The molecular weight excluding hydrogens is 254 g/mol. The minimum absolute atomic E-state index is 0.0454. The highest BCUT2D eigenvalue weighted by Gasteiger charge is 2.23. The normalized spacial score (nSPS) is 15.3. The highest BCUT2D eigenvalue weighted by Crippen LogP contribution is 2.17. The van der Waals surface area contributed by atoms with E-state index in [9.17, 15) is 4.79 Å². The zero-order valence-corrected chi connectivity index (χ0v) is 10.9. The van der Waals surface area contributed by atoms with Gasteiger partial charge in [-0.3, -0.25) is 9.69 Å². The number of carbonyl (C=O) groups excluding carboxylic acids is 1. The van der Waals surface area contributed by atoms with E-state index in [-0.39, 0.29) is 12.5 Å². The van der Waals surface area contributed by atoms with Crippen LogP contribution >= 0.6 is 24.0 Å². The molecule has 1 saturated heterocycles. The Bertz CT molecular complexity index is 408. The number of ether oxygens (including phenoxy) is 1. The molecule has 0 aliphatic carbocycles. The van der Waals surface area contributed by atoms with Crippen molar-refractivity contribution in [2.45, 2.75) is 6.61 Å². The second-order valence-electron chi connectivity index (χ2n) is 3.64. The summed E-state index contributed by atoms with van der Waals surface area (Å²) < 4.78 is 6.05. The van der Waals surface area contributed by atoms with E-state index in [1.54, 1.807) is 16.7 Å². The topological polar surface area (TPSA) is 29.5 Å². The molecule has 1 aliphatic heterocycles. The first kappa shape index (κ1) is 12.5. The van der Waals surface area contributed by atoms with Crippen LogP contribution in [0.15, 0.2) is 30.3 Å². The molecule has 90 valence electrons. The van der Waals surface area contributed by atoms with Gasteiger partial charge in [0.1, 0.15) is 10.9 Å². The first-order chi connectivity index (χ1) is 8.27. The van der Waals surface area contributed by atoms with Gasteiger partial charge in [0.25, 0.3) is 5.91 Å². The maximum atomic E-state index is 11.7. The Morgan fingerprint density at radius 2 is 2.18 bits per heavy atom. The third-order valence-electron chi connectivity index (χ3n) is 2.40. The Hall–Kier alpha value is -0.910. The number of carbonyl (C=O) groups is 1. The van der Waals surface area contributed by atoms with E-state index in [4.69, 9.17) is 17.0 Å². The summed E-state index contributed by atoms with van der Waals surface area (Å²) in [6, 6.07) is 9.80. The second-order valence-corrected chi connectivity index (χ2v) is 5.37. The maximum absolute atomic E-state index is 11.7. The minimum Gasteiger partial charge on any atom is -0.367 e. The van der Waals surface area contributed by atoms with Gasteiger partial charge in [-0.1, -0.05) is 54.3 Å². The van der Waals surface area contributed by atoms with Crippen LogP contribution < -0.4 is 0 Å².